The Hall–Kier alpha value is -0.835. The predicted molar refractivity (Wildman–Crippen MR) is 77.1 cm³/mol. The molecule has 4 heteroatoms. The van der Waals surface area contributed by atoms with E-state index in [1.54, 1.807) is 0 Å². The zero-order valence-electron chi connectivity index (χ0n) is 12.1. The Bertz CT molecular complexity index is 399. The molecule has 0 amide bonds. The number of nitrogens with zero attached hydrogens (tertiary/aromatic N) is 1. The van der Waals surface area contributed by atoms with Crippen molar-refractivity contribution >= 4 is 18.3 Å². The molecule has 3 nitrogen and oxygen atoms in total. The summed E-state index contributed by atoms with van der Waals surface area (Å²) < 4.78 is 12.4. The van der Waals surface area contributed by atoms with Gasteiger partial charge in [0.05, 0.1) is 21.1 Å². The van der Waals surface area contributed by atoms with Crippen LogP contribution in [0.25, 0.3) is 0 Å². The normalized spacial score (nSPS) is 19.9. The second kappa shape index (κ2) is 4.69. The monoisotopic (exact) mass is 248 g/mol. The van der Waals surface area contributed by atoms with Crippen LogP contribution in [0, 0.1) is 5.41 Å². The first-order valence-corrected chi connectivity index (χ1v) is 6.43. The van der Waals surface area contributed by atoms with Crippen molar-refractivity contribution in [1.29, 1.82) is 0 Å². The van der Waals surface area contributed by atoms with E-state index in [9.17, 15) is 0 Å². The second-order valence-electron chi connectivity index (χ2n) is 6.72. The highest BCUT2D eigenvalue weighted by Gasteiger charge is 2.33. The van der Waals surface area contributed by atoms with E-state index in [2.05, 4.69) is 59.3 Å². The average molecular weight is 248 g/mol. The number of rotatable bonds is 2. The van der Waals surface area contributed by atoms with Crippen molar-refractivity contribution in [1.82, 2.24) is 4.48 Å². The van der Waals surface area contributed by atoms with E-state index in [-0.39, 0.29) is 12.5 Å². The third-order valence-corrected chi connectivity index (χ3v) is 3.19. The van der Waals surface area contributed by atoms with Crippen molar-refractivity contribution in [3.63, 3.8) is 0 Å². The van der Waals surface area contributed by atoms with Crippen LogP contribution in [0.5, 0.6) is 0 Å². The minimum atomic E-state index is -0.209. The van der Waals surface area contributed by atoms with Crippen molar-refractivity contribution in [2.45, 2.75) is 13.8 Å². The van der Waals surface area contributed by atoms with Crippen LogP contribution in [-0.2, 0) is 9.31 Å². The third-order valence-electron chi connectivity index (χ3n) is 3.19. The van der Waals surface area contributed by atoms with Crippen molar-refractivity contribution < 1.29 is 9.31 Å². The fourth-order valence-electron chi connectivity index (χ4n) is 1.96. The molecule has 0 unspecified atom stereocenters. The molecule has 1 heterocycles. The van der Waals surface area contributed by atoms with Crippen LogP contribution >= 0.6 is 0 Å². The fourth-order valence-corrected chi connectivity index (χ4v) is 1.96. The van der Waals surface area contributed by atoms with Crippen molar-refractivity contribution in [3.8, 4) is 0 Å². The van der Waals surface area contributed by atoms with E-state index in [1.807, 2.05) is 0 Å². The van der Waals surface area contributed by atoms with Gasteiger partial charge in [-0.05, 0) is 17.6 Å². The summed E-state index contributed by atoms with van der Waals surface area (Å²) in [5.41, 5.74) is 2.50. The standard InChI is InChI=1S/C14H23BNO2/c1-14(2)10-17-15(18-11-14)12-6-8-13(9-7-12)16(3,4)5/h6-9H,10-11H2,1-5H3/q+1. The summed E-state index contributed by atoms with van der Waals surface area (Å²) in [5, 5.41) is 0. The summed E-state index contributed by atoms with van der Waals surface area (Å²) in [6.45, 7) is 5.80. The van der Waals surface area contributed by atoms with Crippen LogP contribution in [0.3, 0.4) is 0 Å². The summed E-state index contributed by atoms with van der Waals surface area (Å²) in [4.78, 5) is 0. The van der Waals surface area contributed by atoms with Gasteiger partial charge >= 0.3 is 7.12 Å². The maximum Gasteiger partial charge on any atom is 0.493 e. The van der Waals surface area contributed by atoms with Crippen LogP contribution in [0.1, 0.15) is 13.8 Å². The highest BCUT2D eigenvalue weighted by Crippen LogP contribution is 2.22. The molecule has 1 aromatic carbocycles. The fraction of sp³-hybridized carbons (Fsp3) is 0.571. The lowest BCUT2D eigenvalue weighted by Crippen LogP contribution is -2.47. The zero-order chi connectivity index (χ0) is 13.4. The van der Waals surface area contributed by atoms with Gasteiger partial charge in [-0.25, -0.2) is 0 Å². The molecule has 0 N–H and O–H groups in total. The molecule has 18 heavy (non-hydrogen) atoms. The van der Waals surface area contributed by atoms with Gasteiger partial charge in [0.1, 0.15) is 5.69 Å². The van der Waals surface area contributed by atoms with Gasteiger partial charge in [-0.1, -0.05) is 26.0 Å². The van der Waals surface area contributed by atoms with Gasteiger partial charge in [-0.3, -0.25) is 4.48 Å². The smallest absolute Gasteiger partial charge is 0.407 e. The van der Waals surface area contributed by atoms with Crippen LogP contribution in [-0.4, -0.2) is 41.5 Å². The lowest BCUT2D eigenvalue weighted by Gasteiger charge is -2.33. The molecule has 1 aliphatic heterocycles. The van der Waals surface area contributed by atoms with E-state index in [4.69, 9.17) is 9.31 Å². The molecule has 0 atom stereocenters. The number of benzene rings is 1. The Morgan fingerprint density at radius 2 is 1.50 bits per heavy atom. The molecule has 98 valence electrons. The minimum absolute atomic E-state index is 0.124. The van der Waals surface area contributed by atoms with Crippen molar-refractivity contribution in [2.24, 2.45) is 5.41 Å². The molecular weight excluding hydrogens is 225 g/mol. The minimum Gasteiger partial charge on any atom is -0.407 e. The van der Waals surface area contributed by atoms with Gasteiger partial charge < -0.3 is 9.31 Å². The van der Waals surface area contributed by atoms with E-state index in [0.717, 1.165) is 23.2 Å². The lowest BCUT2D eigenvalue weighted by atomic mass is 9.76. The molecule has 0 spiro atoms. The average Bonchev–Trinajstić information content (AvgIpc) is 2.28. The molecule has 0 bridgehead atoms. The first kappa shape index (κ1) is 13.6. The Labute approximate surface area is 110 Å². The zero-order valence-corrected chi connectivity index (χ0v) is 12.1. The molecule has 0 saturated carbocycles. The van der Waals surface area contributed by atoms with E-state index in [1.165, 1.54) is 5.69 Å². The quantitative estimate of drug-likeness (QED) is 0.585. The summed E-state index contributed by atoms with van der Waals surface area (Å²) >= 11 is 0. The van der Waals surface area contributed by atoms with Gasteiger partial charge in [-0.15, -0.1) is 0 Å². The highest BCUT2D eigenvalue weighted by molar-refractivity contribution is 6.61. The maximum absolute atomic E-state index is 5.78. The Morgan fingerprint density at radius 3 is 1.94 bits per heavy atom. The highest BCUT2D eigenvalue weighted by atomic mass is 16.6. The number of quaternary nitrogens is 1. The lowest BCUT2D eigenvalue weighted by molar-refractivity contribution is 0.0343. The molecule has 0 aromatic heterocycles. The first-order chi connectivity index (χ1) is 8.28. The molecule has 1 aliphatic rings. The Kier molecular flexibility index (Phi) is 3.54. The van der Waals surface area contributed by atoms with Gasteiger partial charge in [0.25, 0.3) is 0 Å². The Balaban J connectivity index is 2.07. The molecule has 0 aliphatic carbocycles. The molecule has 2 rings (SSSR count). The summed E-state index contributed by atoms with van der Waals surface area (Å²) in [6, 6.07) is 8.48. The van der Waals surface area contributed by atoms with Crippen molar-refractivity contribution in [2.75, 3.05) is 34.4 Å². The SMILES string of the molecule is CC1(C)COB(c2ccc([N+](C)(C)C)cc2)OC1. The van der Waals surface area contributed by atoms with Gasteiger partial charge in [0.15, 0.2) is 0 Å². The van der Waals surface area contributed by atoms with Gasteiger partial charge in [0.2, 0.25) is 0 Å². The van der Waals surface area contributed by atoms with E-state index in [0.29, 0.717) is 0 Å². The van der Waals surface area contributed by atoms with Gasteiger partial charge in [-0.2, -0.15) is 0 Å². The Morgan fingerprint density at radius 1 is 1.00 bits per heavy atom. The van der Waals surface area contributed by atoms with Crippen LogP contribution in [0.2, 0.25) is 0 Å². The summed E-state index contributed by atoms with van der Waals surface area (Å²) in [7, 11) is 6.26. The molecule has 1 fully saturated rings. The molecule has 0 radical (unpaired) electrons. The van der Waals surface area contributed by atoms with Crippen molar-refractivity contribution in [3.05, 3.63) is 24.3 Å². The number of hydrogen-bond donors (Lipinski definition) is 0. The van der Waals surface area contributed by atoms with E-state index < -0.39 is 0 Å². The predicted octanol–water partition coefficient (Wildman–Crippen LogP) is 1.65. The topological polar surface area (TPSA) is 18.5 Å². The summed E-state index contributed by atoms with van der Waals surface area (Å²) in [5.74, 6) is 0. The molecule has 1 saturated heterocycles. The van der Waals surface area contributed by atoms with E-state index >= 15 is 0 Å². The first-order valence-electron chi connectivity index (χ1n) is 6.43. The van der Waals surface area contributed by atoms with Crippen LogP contribution < -0.4 is 9.95 Å². The number of hydrogen-bond acceptors (Lipinski definition) is 2. The third kappa shape index (κ3) is 3.13. The van der Waals surface area contributed by atoms with Gasteiger partial charge in [0, 0.05) is 18.6 Å². The van der Waals surface area contributed by atoms with Crippen LogP contribution in [0.4, 0.5) is 5.69 Å². The maximum atomic E-state index is 5.78. The molecular formula is C14H23BNO2+. The second-order valence-corrected chi connectivity index (χ2v) is 6.72. The summed E-state index contributed by atoms with van der Waals surface area (Å²) in [6.07, 6.45) is 0. The van der Waals surface area contributed by atoms with Crippen LogP contribution in [0.15, 0.2) is 24.3 Å². The molecule has 1 aromatic rings. The largest absolute Gasteiger partial charge is 0.493 e.